The summed E-state index contributed by atoms with van der Waals surface area (Å²) in [5.74, 6) is 1.94. The van der Waals surface area contributed by atoms with Crippen LogP contribution in [0.3, 0.4) is 0 Å². The van der Waals surface area contributed by atoms with E-state index < -0.39 is 5.97 Å². The van der Waals surface area contributed by atoms with Crippen LogP contribution < -0.4 is 10.5 Å². The highest BCUT2D eigenvalue weighted by Gasteiger charge is 2.56. The molecule has 0 saturated heterocycles. The van der Waals surface area contributed by atoms with E-state index in [9.17, 15) is 9.59 Å². The van der Waals surface area contributed by atoms with Gasteiger partial charge in [-0.05, 0) is 85.2 Å². The zero-order chi connectivity index (χ0) is 17.9. The number of benzene rings is 1. The number of hydrogen-bond acceptors (Lipinski definition) is 4. The fourth-order valence-corrected chi connectivity index (χ4v) is 5.85. The van der Waals surface area contributed by atoms with Gasteiger partial charge in [0.15, 0.2) is 11.2 Å². The molecule has 0 atom stereocenters. The van der Waals surface area contributed by atoms with Crippen LogP contribution in [-0.2, 0) is 10.3 Å². The lowest BCUT2D eigenvalue weighted by Gasteiger charge is -2.53. The van der Waals surface area contributed by atoms with Gasteiger partial charge >= 0.3 is 11.7 Å². The van der Waals surface area contributed by atoms with Crippen molar-refractivity contribution in [2.75, 3.05) is 7.11 Å². The minimum atomic E-state index is -0.394. The number of tetrazole rings is 1. The van der Waals surface area contributed by atoms with Crippen LogP contribution in [0.2, 0.25) is 0 Å². The number of carbonyl (C=O) groups excluding carboxylic acids is 1. The van der Waals surface area contributed by atoms with E-state index in [0.29, 0.717) is 11.3 Å². The van der Waals surface area contributed by atoms with Crippen molar-refractivity contribution in [2.24, 2.45) is 17.8 Å². The van der Waals surface area contributed by atoms with Crippen molar-refractivity contribution in [1.82, 2.24) is 15.0 Å². The van der Waals surface area contributed by atoms with Gasteiger partial charge in [-0.15, -0.1) is 5.10 Å². The van der Waals surface area contributed by atoms with E-state index in [0.717, 1.165) is 37.0 Å². The highest BCUT2D eigenvalue weighted by atomic mass is 16.5. The molecule has 1 aromatic heterocycles. The number of rotatable bonds is 3. The number of aromatic nitrogens is 4. The zero-order valence-corrected chi connectivity index (χ0v) is 14.9. The normalized spacial score (nSPS) is 32.0. The fourth-order valence-electron chi connectivity index (χ4n) is 5.85. The van der Waals surface area contributed by atoms with Crippen LogP contribution in [0.25, 0.3) is 5.69 Å². The van der Waals surface area contributed by atoms with E-state index >= 15 is 0 Å². The van der Waals surface area contributed by atoms with Gasteiger partial charge in [-0.1, -0.05) is 4.80 Å². The van der Waals surface area contributed by atoms with Gasteiger partial charge in [0.05, 0.1) is 12.7 Å². The van der Waals surface area contributed by atoms with Gasteiger partial charge in [0.2, 0.25) is 0 Å². The summed E-state index contributed by atoms with van der Waals surface area (Å²) in [5.41, 5.74) is 0.827. The smallest absolute Gasteiger partial charge is 0.465 e. The largest absolute Gasteiger partial charge is 0.471 e. The van der Waals surface area contributed by atoms with Crippen molar-refractivity contribution in [3.63, 3.8) is 0 Å². The lowest BCUT2D eigenvalue weighted by Crippen LogP contribution is -2.67. The van der Waals surface area contributed by atoms with E-state index in [1.807, 2.05) is 4.80 Å². The number of H-pyrrole nitrogens is 1. The molecular formula is C19H23N4O3+. The molecule has 0 aliphatic heterocycles. The van der Waals surface area contributed by atoms with Gasteiger partial charge in [-0.2, -0.15) is 0 Å². The molecule has 6 rings (SSSR count). The lowest BCUT2D eigenvalue weighted by atomic mass is 9.53. The van der Waals surface area contributed by atoms with Gasteiger partial charge in [0.1, 0.15) is 5.21 Å². The van der Waals surface area contributed by atoms with Gasteiger partial charge < -0.3 is 4.74 Å². The van der Waals surface area contributed by atoms with Crippen molar-refractivity contribution in [3.8, 4) is 5.69 Å². The van der Waals surface area contributed by atoms with Crippen molar-refractivity contribution < 1.29 is 14.3 Å². The molecule has 4 aliphatic carbocycles. The Morgan fingerprint density at radius 1 is 1.15 bits per heavy atom. The highest BCUT2D eigenvalue weighted by Crippen LogP contribution is 2.56. The molecule has 4 aliphatic rings. The van der Waals surface area contributed by atoms with Crippen molar-refractivity contribution in [3.05, 3.63) is 40.3 Å². The maximum absolute atomic E-state index is 12.5. The van der Waals surface area contributed by atoms with E-state index in [4.69, 9.17) is 4.74 Å². The van der Waals surface area contributed by atoms with Crippen LogP contribution >= 0.6 is 0 Å². The van der Waals surface area contributed by atoms with Crippen molar-refractivity contribution >= 4 is 5.97 Å². The molecule has 7 heteroatoms. The summed E-state index contributed by atoms with van der Waals surface area (Å²) in [6.07, 6.45) is 7.41. The molecule has 0 amide bonds. The Hall–Kier alpha value is -2.44. The monoisotopic (exact) mass is 355 g/mol. The summed E-state index contributed by atoms with van der Waals surface area (Å²) in [7, 11) is 1.35. The summed E-state index contributed by atoms with van der Waals surface area (Å²) in [5, 5.41) is 7.58. The average molecular weight is 355 g/mol. The maximum atomic E-state index is 12.5. The number of ether oxygens (including phenoxy) is 1. The van der Waals surface area contributed by atoms with Gasteiger partial charge in [-0.25, -0.2) is 9.59 Å². The molecule has 0 unspecified atom stereocenters. The SMILES string of the molecule is COC(=O)c1ccc(-n2n[n+](C34CC5CC(CC(C5)C3)C4)[nH]c2=O)cc1. The Morgan fingerprint density at radius 2 is 1.73 bits per heavy atom. The predicted molar refractivity (Wildman–Crippen MR) is 91.9 cm³/mol. The second kappa shape index (κ2) is 5.53. The predicted octanol–water partition coefficient (Wildman–Crippen LogP) is 1.56. The molecule has 1 N–H and O–H groups in total. The first-order valence-electron chi connectivity index (χ1n) is 9.37. The fraction of sp³-hybridized carbons (Fsp3) is 0.579. The number of methoxy groups -OCH3 is 1. The molecule has 136 valence electrons. The standard InChI is InChI=1S/C19H22N4O3/c1-26-17(24)15-2-4-16(5-3-15)22-18(25)20-23(21-22)19-9-12-6-13(10-19)8-14(7-12)11-19/h2-5,12-14H,6-11H2,1H3/p+1. The molecule has 26 heavy (non-hydrogen) atoms. The van der Waals surface area contributed by atoms with Crippen LogP contribution in [-0.4, -0.2) is 28.1 Å². The third-order valence-corrected chi connectivity index (χ3v) is 6.56. The Bertz CT molecular complexity index is 876. The molecule has 4 saturated carbocycles. The second-order valence-electron chi connectivity index (χ2n) is 8.31. The molecular weight excluding hydrogens is 332 g/mol. The van der Waals surface area contributed by atoms with E-state index in [2.05, 4.69) is 10.3 Å². The second-order valence-corrected chi connectivity index (χ2v) is 8.31. The molecule has 0 radical (unpaired) electrons. The maximum Gasteiger partial charge on any atom is 0.471 e. The molecule has 4 bridgehead atoms. The van der Waals surface area contributed by atoms with Gasteiger partial charge in [0.25, 0.3) is 0 Å². The number of carbonyl (C=O) groups is 1. The first-order valence-corrected chi connectivity index (χ1v) is 9.37. The Labute approximate surface area is 150 Å². The first-order chi connectivity index (χ1) is 12.6. The third kappa shape index (κ3) is 2.33. The number of hydrogen-bond donors (Lipinski definition) is 1. The highest BCUT2D eigenvalue weighted by molar-refractivity contribution is 5.89. The van der Waals surface area contributed by atoms with Gasteiger partial charge in [-0.3, -0.25) is 0 Å². The quantitative estimate of drug-likeness (QED) is 0.669. The van der Waals surface area contributed by atoms with Crippen LogP contribution in [0, 0.1) is 17.8 Å². The number of aromatic amines is 1. The van der Waals surface area contributed by atoms with Crippen LogP contribution in [0.5, 0.6) is 0 Å². The Balaban J connectivity index is 1.49. The van der Waals surface area contributed by atoms with E-state index in [-0.39, 0.29) is 11.2 Å². The summed E-state index contributed by atoms with van der Waals surface area (Å²) >= 11 is 0. The van der Waals surface area contributed by atoms with Crippen LogP contribution in [0.15, 0.2) is 29.1 Å². The Morgan fingerprint density at radius 3 is 2.27 bits per heavy atom. The minimum absolute atomic E-state index is 0.0227. The molecule has 1 aromatic carbocycles. The summed E-state index contributed by atoms with van der Waals surface area (Å²) < 4.78 is 6.10. The summed E-state index contributed by atoms with van der Waals surface area (Å²) in [6, 6.07) is 6.74. The number of esters is 1. The molecule has 7 nitrogen and oxygen atoms in total. The summed E-state index contributed by atoms with van der Waals surface area (Å²) in [6.45, 7) is 0. The molecule has 1 heterocycles. The van der Waals surface area contributed by atoms with Crippen molar-refractivity contribution in [1.29, 1.82) is 0 Å². The van der Waals surface area contributed by atoms with E-state index in [1.165, 1.54) is 31.1 Å². The molecule has 2 aromatic rings. The minimum Gasteiger partial charge on any atom is -0.465 e. The van der Waals surface area contributed by atoms with Crippen molar-refractivity contribution in [2.45, 2.75) is 44.1 Å². The summed E-state index contributed by atoms with van der Waals surface area (Å²) in [4.78, 5) is 26.0. The van der Waals surface area contributed by atoms with E-state index in [1.54, 1.807) is 24.3 Å². The third-order valence-electron chi connectivity index (χ3n) is 6.56. The molecule has 4 fully saturated rings. The number of nitrogens with zero attached hydrogens (tertiary/aromatic N) is 3. The lowest BCUT2D eigenvalue weighted by molar-refractivity contribution is -0.871. The zero-order valence-electron chi connectivity index (χ0n) is 14.9. The van der Waals surface area contributed by atoms with Gasteiger partial charge in [0, 0.05) is 0 Å². The first kappa shape index (κ1) is 15.8. The number of nitrogens with one attached hydrogen (secondary N) is 1. The topological polar surface area (TPSA) is 80.9 Å². The van der Waals surface area contributed by atoms with Crippen LogP contribution in [0.1, 0.15) is 48.9 Å². The average Bonchev–Trinajstić information content (AvgIpc) is 3.03. The Kier molecular flexibility index (Phi) is 3.36. The van der Waals surface area contributed by atoms with Crippen LogP contribution in [0.4, 0.5) is 0 Å². The molecule has 0 spiro atoms.